The second-order valence-corrected chi connectivity index (χ2v) is 4.63. The number of nitro benzene ring substituents is 1. The summed E-state index contributed by atoms with van der Waals surface area (Å²) in [5, 5.41) is 32.1. The van der Waals surface area contributed by atoms with Crippen LogP contribution in [0.25, 0.3) is 0 Å². The van der Waals surface area contributed by atoms with Gasteiger partial charge in [0.25, 0.3) is 11.6 Å². The molecule has 0 spiro atoms. The third kappa shape index (κ3) is 3.12. The summed E-state index contributed by atoms with van der Waals surface area (Å²) in [6.07, 6.45) is 0.297. The molecule has 1 aromatic rings. The minimum atomic E-state index is -1.19. The van der Waals surface area contributed by atoms with E-state index in [2.05, 4.69) is 5.32 Å². The molecule has 0 heterocycles. The maximum atomic E-state index is 12.2. The van der Waals surface area contributed by atoms with E-state index < -0.39 is 29.6 Å². The van der Waals surface area contributed by atoms with Crippen LogP contribution in [0, 0.1) is 17.0 Å². The number of benzene rings is 1. The highest BCUT2D eigenvalue weighted by atomic mass is 16.6. The molecule has 0 aliphatic heterocycles. The van der Waals surface area contributed by atoms with E-state index in [4.69, 9.17) is 0 Å². The van der Waals surface area contributed by atoms with E-state index in [9.17, 15) is 25.1 Å². The lowest BCUT2D eigenvalue weighted by atomic mass is 9.96. The van der Waals surface area contributed by atoms with E-state index in [0.29, 0.717) is 12.0 Å². The standard InChI is InChI=1S/C13H18N2O5/c1-3-13(7-16,8-17)14-12(18)11-9(2)5-4-6-10(11)15(19)20/h4-6,16-17H,3,7-8H2,1-2H3,(H,14,18). The van der Waals surface area contributed by atoms with E-state index in [1.807, 2.05) is 0 Å². The Morgan fingerprint density at radius 2 is 2.00 bits per heavy atom. The third-order valence-electron chi connectivity index (χ3n) is 3.34. The van der Waals surface area contributed by atoms with E-state index in [0.717, 1.165) is 0 Å². The van der Waals surface area contributed by atoms with Gasteiger partial charge in [0.2, 0.25) is 0 Å². The Morgan fingerprint density at radius 1 is 1.40 bits per heavy atom. The van der Waals surface area contributed by atoms with Gasteiger partial charge in [0, 0.05) is 6.07 Å². The molecule has 20 heavy (non-hydrogen) atoms. The van der Waals surface area contributed by atoms with Crippen molar-refractivity contribution in [2.24, 2.45) is 0 Å². The van der Waals surface area contributed by atoms with Gasteiger partial charge in [0.05, 0.1) is 23.7 Å². The summed E-state index contributed by atoms with van der Waals surface area (Å²) in [5.74, 6) is -0.681. The predicted molar refractivity (Wildman–Crippen MR) is 72.5 cm³/mol. The van der Waals surface area contributed by atoms with Crippen LogP contribution in [0.5, 0.6) is 0 Å². The number of aryl methyl sites for hydroxylation is 1. The van der Waals surface area contributed by atoms with Crippen molar-refractivity contribution in [3.8, 4) is 0 Å². The van der Waals surface area contributed by atoms with Crippen molar-refractivity contribution in [3.05, 3.63) is 39.4 Å². The van der Waals surface area contributed by atoms with Crippen molar-refractivity contribution in [3.63, 3.8) is 0 Å². The monoisotopic (exact) mass is 282 g/mol. The Balaban J connectivity index is 3.19. The van der Waals surface area contributed by atoms with Gasteiger partial charge in [0.1, 0.15) is 5.56 Å². The molecule has 0 saturated heterocycles. The predicted octanol–water partition coefficient (Wildman–Crippen LogP) is 0.766. The molecule has 0 unspecified atom stereocenters. The summed E-state index contributed by atoms with van der Waals surface area (Å²) < 4.78 is 0. The first-order valence-electron chi connectivity index (χ1n) is 6.19. The summed E-state index contributed by atoms with van der Waals surface area (Å²) in [7, 11) is 0. The average Bonchev–Trinajstić information content (AvgIpc) is 2.44. The van der Waals surface area contributed by atoms with Crippen LogP contribution in [0.15, 0.2) is 18.2 Å². The molecule has 7 heteroatoms. The van der Waals surface area contributed by atoms with Crippen molar-refractivity contribution in [2.75, 3.05) is 13.2 Å². The summed E-state index contributed by atoms with van der Waals surface area (Å²) in [6, 6.07) is 4.33. The first-order valence-corrected chi connectivity index (χ1v) is 6.19. The fourth-order valence-corrected chi connectivity index (χ4v) is 1.84. The molecule has 0 radical (unpaired) electrons. The number of nitrogens with one attached hydrogen (secondary N) is 1. The van der Waals surface area contributed by atoms with Gasteiger partial charge in [0.15, 0.2) is 0 Å². The zero-order valence-electron chi connectivity index (χ0n) is 11.4. The molecule has 1 rings (SSSR count). The number of aliphatic hydroxyl groups excluding tert-OH is 2. The molecule has 0 atom stereocenters. The second-order valence-electron chi connectivity index (χ2n) is 4.63. The van der Waals surface area contributed by atoms with Crippen molar-refractivity contribution in [2.45, 2.75) is 25.8 Å². The summed E-state index contributed by atoms with van der Waals surface area (Å²) in [5.41, 5.74) is -1.09. The lowest BCUT2D eigenvalue weighted by Crippen LogP contribution is -2.54. The van der Waals surface area contributed by atoms with Gasteiger partial charge >= 0.3 is 0 Å². The highest BCUT2D eigenvalue weighted by Gasteiger charge is 2.32. The molecule has 110 valence electrons. The molecule has 7 nitrogen and oxygen atoms in total. The molecule has 0 aliphatic rings. The maximum absolute atomic E-state index is 12.2. The number of carbonyl (C=O) groups excluding carboxylic acids is 1. The normalized spacial score (nSPS) is 11.2. The zero-order valence-corrected chi connectivity index (χ0v) is 11.4. The van der Waals surface area contributed by atoms with Gasteiger partial charge in [-0.15, -0.1) is 0 Å². The van der Waals surface area contributed by atoms with Gasteiger partial charge in [-0.3, -0.25) is 14.9 Å². The van der Waals surface area contributed by atoms with Gasteiger partial charge in [-0.1, -0.05) is 19.1 Å². The van der Waals surface area contributed by atoms with Crippen LogP contribution in [0.1, 0.15) is 29.3 Å². The van der Waals surface area contributed by atoms with E-state index in [-0.39, 0.29) is 11.3 Å². The number of nitrogens with zero attached hydrogens (tertiary/aromatic N) is 1. The third-order valence-corrected chi connectivity index (χ3v) is 3.34. The quantitative estimate of drug-likeness (QED) is 0.527. The molecule has 3 N–H and O–H groups in total. The minimum Gasteiger partial charge on any atom is -0.394 e. The Morgan fingerprint density at radius 3 is 2.45 bits per heavy atom. The summed E-state index contributed by atoms with van der Waals surface area (Å²) in [6.45, 7) is 2.38. The second kappa shape index (κ2) is 6.44. The van der Waals surface area contributed by atoms with Gasteiger partial charge in [-0.2, -0.15) is 0 Å². The number of rotatable bonds is 6. The molecular weight excluding hydrogens is 264 g/mol. The van der Waals surface area contributed by atoms with Crippen LogP contribution in [0.4, 0.5) is 5.69 Å². The van der Waals surface area contributed by atoms with Crippen molar-refractivity contribution in [1.82, 2.24) is 5.32 Å². The molecule has 1 aromatic carbocycles. The first kappa shape index (κ1) is 16.1. The Labute approximate surface area is 116 Å². The Bertz CT molecular complexity index is 503. The molecular formula is C13H18N2O5. The van der Waals surface area contributed by atoms with Crippen LogP contribution < -0.4 is 5.32 Å². The number of aliphatic hydroxyl groups is 2. The smallest absolute Gasteiger partial charge is 0.282 e. The van der Waals surface area contributed by atoms with Gasteiger partial charge < -0.3 is 15.5 Å². The average molecular weight is 282 g/mol. The first-order chi connectivity index (χ1) is 9.40. The number of nitro groups is 1. The molecule has 0 saturated carbocycles. The van der Waals surface area contributed by atoms with Crippen LogP contribution >= 0.6 is 0 Å². The van der Waals surface area contributed by atoms with Crippen LogP contribution in [0.3, 0.4) is 0 Å². The van der Waals surface area contributed by atoms with Crippen LogP contribution in [-0.4, -0.2) is 39.8 Å². The van der Waals surface area contributed by atoms with Crippen molar-refractivity contribution in [1.29, 1.82) is 0 Å². The van der Waals surface area contributed by atoms with Crippen molar-refractivity contribution >= 4 is 11.6 Å². The summed E-state index contributed by atoms with van der Waals surface area (Å²) in [4.78, 5) is 22.6. The van der Waals surface area contributed by atoms with Crippen LogP contribution in [0.2, 0.25) is 0 Å². The molecule has 0 fully saturated rings. The largest absolute Gasteiger partial charge is 0.394 e. The van der Waals surface area contributed by atoms with E-state index in [1.54, 1.807) is 19.9 Å². The number of amides is 1. The van der Waals surface area contributed by atoms with E-state index >= 15 is 0 Å². The Kier molecular flexibility index (Phi) is 5.18. The van der Waals surface area contributed by atoms with Crippen LogP contribution in [-0.2, 0) is 0 Å². The van der Waals surface area contributed by atoms with Crippen molar-refractivity contribution < 1.29 is 19.9 Å². The van der Waals surface area contributed by atoms with E-state index in [1.165, 1.54) is 12.1 Å². The topological polar surface area (TPSA) is 113 Å². The van der Waals surface area contributed by atoms with Gasteiger partial charge in [-0.05, 0) is 18.9 Å². The summed E-state index contributed by atoms with van der Waals surface area (Å²) >= 11 is 0. The lowest BCUT2D eigenvalue weighted by Gasteiger charge is -2.29. The molecule has 0 aromatic heterocycles. The highest BCUT2D eigenvalue weighted by Crippen LogP contribution is 2.23. The fourth-order valence-electron chi connectivity index (χ4n) is 1.84. The molecule has 0 aliphatic carbocycles. The number of hydrogen-bond donors (Lipinski definition) is 3. The molecule has 0 bridgehead atoms. The maximum Gasteiger partial charge on any atom is 0.282 e. The number of hydrogen-bond acceptors (Lipinski definition) is 5. The SMILES string of the molecule is CCC(CO)(CO)NC(=O)c1c(C)cccc1[N+](=O)[O-]. The minimum absolute atomic E-state index is 0.0581. The fraction of sp³-hybridized carbons (Fsp3) is 0.462. The number of carbonyl (C=O) groups is 1. The highest BCUT2D eigenvalue weighted by molar-refractivity contribution is 6.00. The zero-order chi connectivity index (χ0) is 15.3. The Hall–Kier alpha value is -1.99. The van der Waals surface area contributed by atoms with Gasteiger partial charge in [-0.25, -0.2) is 0 Å². The lowest BCUT2D eigenvalue weighted by molar-refractivity contribution is -0.385. The molecule has 1 amide bonds.